The second-order valence-corrected chi connectivity index (χ2v) is 9.49. The van der Waals surface area contributed by atoms with Crippen LogP contribution in [0.25, 0.3) is 10.1 Å². The highest BCUT2D eigenvalue weighted by molar-refractivity contribution is 7.89. The quantitative estimate of drug-likeness (QED) is 0.702. The highest BCUT2D eigenvalue weighted by Gasteiger charge is 2.33. The maximum Gasteiger partial charge on any atom is 0.243 e. The van der Waals surface area contributed by atoms with E-state index < -0.39 is 21.8 Å². The molecule has 9 heteroatoms. The van der Waals surface area contributed by atoms with Crippen molar-refractivity contribution in [2.24, 2.45) is 5.92 Å². The van der Waals surface area contributed by atoms with Crippen LogP contribution < -0.4 is 5.32 Å². The van der Waals surface area contributed by atoms with Crippen LogP contribution in [0.15, 0.2) is 53.6 Å². The third kappa shape index (κ3) is 3.78. The summed E-state index contributed by atoms with van der Waals surface area (Å²) in [6.07, 6.45) is 2.95. The average Bonchev–Trinajstić information content (AvgIpc) is 3.16. The number of carbonyl (C=O) groups is 1. The molecule has 2 heterocycles. The minimum atomic E-state index is -3.76. The van der Waals surface area contributed by atoms with Crippen LogP contribution in [0.2, 0.25) is 0 Å². The van der Waals surface area contributed by atoms with Crippen molar-refractivity contribution >= 4 is 43.2 Å². The summed E-state index contributed by atoms with van der Waals surface area (Å²) in [4.78, 5) is 12.7. The largest absolute Gasteiger partial charge is 0.326 e. The maximum absolute atomic E-state index is 13.1. The van der Waals surface area contributed by atoms with Gasteiger partial charge in [0.15, 0.2) is 0 Å². The molecule has 1 aliphatic heterocycles. The van der Waals surface area contributed by atoms with Gasteiger partial charge in [0.25, 0.3) is 0 Å². The number of hydrogen-bond acceptors (Lipinski definition) is 5. The molecular weight excluding hydrogens is 401 g/mol. The lowest BCUT2D eigenvalue weighted by molar-refractivity contribution is -0.120. The van der Waals surface area contributed by atoms with Crippen molar-refractivity contribution in [1.29, 1.82) is 0 Å². The number of anilines is 1. The molecule has 3 aromatic rings. The number of halogens is 1. The topological polar surface area (TPSA) is 79.4 Å². The van der Waals surface area contributed by atoms with Crippen LogP contribution in [0, 0.1) is 11.7 Å². The first-order valence-corrected chi connectivity index (χ1v) is 11.1. The van der Waals surface area contributed by atoms with Gasteiger partial charge in [-0.1, -0.05) is 0 Å². The van der Waals surface area contributed by atoms with Crippen molar-refractivity contribution in [3.8, 4) is 0 Å². The van der Waals surface area contributed by atoms with Gasteiger partial charge >= 0.3 is 0 Å². The summed E-state index contributed by atoms with van der Waals surface area (Å²) in [5.74, 6) is -1.14. The predicted octanol–water partition coefficient (Wildman–Crippen LogP) is 3.47. The number of sulfonamides is 1. The Kier molecular flexibility index (Phi) is 5.13. The zero-order valence-corrected chi connectivity index (χ0v) is 16.5. The van der Waals surface area contributed by atoms with Gasteiger partial charge in [-0.15, -0.1) is 0 Å². The Morgan fingerprint density at radius 2 is 2.00 bits per heavy atom. The first-order chi connectivity index (χ1) is 13.4. The van der Waals surface area contributed by atoms with Gasteiger partial charge in [0, 0.05) is 30.4 Å². The summed E-state index contributed by atoms with van der Waals surface area (Å²) in [7, 11) is -3.76. The van der Waals surface area contributed by atoms with Crippen molar-refractivity contribution in [3.63, 3.8) is 0 Å². The minimum absolute atomic E-state index is 0.0327. The van der Waals surface area contributed by atoms with Gasteiger partial charge in [-0.25, -0.2) is 12.8 Å². The summed E-state index contributed by atoms with van der Waals surface area (Å²) in [6, 6.07) is 10.3. The lowest BCUT2D eigenvalue weighted by Crippen LogP contribution is -2.43. The Morgan fingerprint density at radius 1 is 1.21 bits per heavy atom. The second kappa shape index (κ2) is 7.57. The van der Waals surface area contributed by atoms with Crippen LogP contribution in [-0.2, 0) is 14.8 Å². The van der Waals surface area contributed by atoms with Gasteiger partial charge in [-0.2, -0.15) is 8.68 Å². The van der Waals surface area contributed by atoms with Gasteiger partial charge in [-0.3, -0.25) is 4.79 Å². The SMILES string of the molecule is O=C(Nc1ccc2sncc2c1)[C@H]1CCCN(S(=O)(=O)c2ccc(F)cc2)C1. The molecule has 0 spiro atoms. The number of fused-ring (bicyclic) bond motifs is 1. The molecule has 1 fully saturated rings. The van der Waals surface area contributed by atoms with Crippen molar-refractivity contribution in [2.45, 2.75) is 17.7 Å². The number of benzene rings is 2. The van der Waals surface area contributed by atoms with E-state index in [0.29, 0.717) is 25.1 Å². The fourth-order valence-corrected chi connectivity index (χ4v) is 5.47. The number of hydrogen-bond donors (Lipinski definition) is 1. The van der Waals surface area contributed by atoms with Crippen LogP contribution >= 0.6 is 11.5 Å². The monoisotopic (exact) mass is 419 g/mol. The van der Waals surface area contributed by atoms with E-state index in [0.717, 1.165) is 22.2 Å². The van der Waals surface area contributed by atoms with E-state index in [-0.39, 0.29) is 17.3 Å². The fraction of sp³-hybridized carbons (Fsp3) is 0.263. The first-order valence-electron chi connectivity index (χ1n) is 8.84. The number of aromatic nitrogens is 1. The van der Waals surface area contributed by atoms with Crippen LogP contribution in [0.1, 0.15) is 12.8 Å². The molecule has 0 bridgehead atoms. The summed E-state index contributed by atoms with van der Waals surface area (Å²) in [6.45, 7) is 0.448. The van der Waals surface area contributed by atoms with Gasteiger partial charge in [0.2, 0.25) is 15.9 Å². The zero-order chi connectivity index (χ0) is 19.7. The van der Waals surface area contributed by atoms with E-state index in [1.54, 1.807) is 6.20 Å². The van der Waals surface area contributed by atoms with E-state index in [1.807, 2.05) is 18.2 Å². The Morgan fingerprint density at radius 3 is 2.79 bits per heavy atom. The van der Waals surface area contributed by atoms with E-state index in [4.69, 9.17) is 0 Å². The zero-order valence-electron chi connectivity index (χ0n) is 14.8. The number of piperidine rings is 1. The van der Waals surface area contributed by atoms with E-state index >= 15 is 0 Å². The molecular formula is C19H18FN3O3S2. The number of amides is 1. The molecule has 1 amide bonds. The Bertz CT molecular complexity index is 1110. The van der Waals surface area contributed by atoms with Gasteiger partial charge in [-0.05, 0) is 66.8 Å². The summed E-state index contributed by atoms with van der Waals surface area (Å²) in [5, 5.41) is 3.83. The van der Waals surface area contributed by atoms with Gasteiger partial charge in [0.1, 0.15) is 5.82 Å². The molecule has 28 heavy (non-hydrogen) atoms. The summed E-state index contributed by atoms with van der Waals surface area (Å²) in [5.41, 5.74) is 0.663. The Labute approximate surface area is 166 Å². The first kappa shape index (κ1) is 19.0. The van der Waals surface area contributed by atoms with Gasteiger partial charge < -0.3 is 5.32 Å². The van der Waals surface area contributed by atoms with Crippen LogP contribution in [0.3, 0.4) is 0 Å². The summed E-state index contributed by atoms with van der Waals surface area (Å²) >= 11 is 1.39. The number of nitrogens with zero attached hydrogens (tertiary/aromatic N) is 2. The molecule has 0 unspecified atom stereocenters. The predicted molar refractivity (Wildman–Crippen MR) is 106 cm³/mol. The second-order valence-electron chi connectivity index (χ2n) is 6.72. The highest BCUT2D eigenvalue weighted by atomic mass is 32.2. The van der Waals surface area contributed by atoms with Crippen molar-refractivity contribution in [2.75, 3.05) is 18.4 Å². The molecule has 6 nitrogen and oxygen atoms in total. The number of rotatable bonds is 4. The molecule has 4 rings (SSSR count). The third-order valence-corrected chi connectivity index (χ3v) is 7.49. The molecule has 1 N–H and O–H groups in total. The summed E-state index contributed by atoms with van der Waals surface area (Å²) < 4.78 is 45.2. The lowest BCUT2D eigenvalue weighted by atomic mass is 9.98. The fourth-order valence-electron chi connectivity index (χ4n) is 3.32. The maximum atomic E-state index is 13.1. The van der Waals surface area contributed by atoms with Crippen LogP contribution in [0.5, 0.6) is 0 Å². The molecule has 1 atom stereocenters. The molecule has 1 aromatic heterocycles. The minimum Gasteiger partial charge on any atom is -0.326 e. The number of nitrogens with one attached hydrogen (secondary N) is 1. The third-order valence-electron chi connectivity index (χ3n) is 4.83. The number of carbonyl (C=O) groups excluding carboxylic acids is 1. The molecule has 1 saturated heterocycles. The van der Waals surface area contributed by atoms with Crippen LogP contribution in [-0.4, -0.2) is 36.1 Å². The molecule has 2 aromatic carbocycles. The Hall–Kier alpha value is -2.36. The van der Waals surface area contributed by atoms with Crippen LogP contribution in [0.4, 0.5) is 10.1 Å². The standard InChI is InChI=1S/C19H18FN3O3S2/c20-15-3-6-17(7-4-15)28(25,26)23-9-1-2-13(12-23)19(24)22-16-5-8-18-14(10-16)11-21-27-18/h3-8,10-11,13H,1-2,9,12H2,(H,22,24)/t13-/m0/s1. The Balaban J connectivity index is 1.48. The van der Waals surface area contributed by atoms with E-state index in [1.165, 1.54) is 28.0 Å². The van der Waals surface area contributed by atoms with Crippen molar-refractivity contribution < 1.29 is 17.6 Å². The van der Waals surface area contributed by atoms with Gasteiger partial charge in [0.05, 0.1) is 15.5 Å². The molecule has 0 aliphatic carbocycles. The molecule has 1 aliphatic rings. The average molecular weight is 420 g/mol. The molecule has 146 valence electrons. The van der Waals surface area contributed by atoms with Crippen molar-refractivity contribution in [3.05, 3.63) is 54.5 Å². The lowest BCUT2D eigenvalue weighted by Gasteiger charge is -2.31. The normalized spacial score (nSPS) is 18.2. The highest BCUT2D eigenvalue weighted by Crippen LogP contribution is 2.26. The molecule has 0 saturated carbocycles. The van der Waals surface area contributed by atoms with E-state index in [9.17, 15) is 17.6 Å². The van der Waals surface area contributed by atoms with Crippen molar-refractivity contribution in [1.82, 2.24) is 8.68 Å². The molecule has 0 radical (unpaired) electrons. The smallest absolute Gasteiger partial charge is 0.243 e. The van der Waals surface area contributed by atoms with E-state index in [2.05, 4.69) is 9.69 Å².